The molecule has 1 aliphatic rings. The largest absolute Gasteiger partial charge is 0.460 e. The molecule has 1 atom stereocenters. The predicted molar refractivity (Wildman–Crippen MR) is 126 cm³/mol. The van der Waals surface area contributed by atoms with Gasteiger partial charge >= 0.3 is 53.7 Å². The summed E-state index contributed by atoms with van der Waals surface area (Å²) in [5.41, 5.74) is -2.37. The van der Waals surface area contributed by atoms with Crippen molar-refractivity contribution >= 4 is 12.0 Å². The maximum absolute atomic E-state index is 14.2. The van der Waals surface area contributed by atoms with Crippen LogP contribution in [0, 0.1) is 0 Å². The number of hydrogen-bond acceptors (Lipinski definition) is 4. The summed E-state index contributed by atoms with van der Waals surface area (Å²) in [6.07, 6.45) is -12.4. The fourth-order valence-corrected chi connectivity index (χ4v) is 4.29. The molecular formula is C24H30F17N3O3. The monoisotopic (exact) mass is 731 g/mol. The molecule has 2 amide bonds. The lowest BCUT2D eigenvalue weighted by Crippen LogP contribution is -2.74. The highest BCUT2D eigenvalue weighted by Crippen LogP contribution is 2.64. The molecule has 2 N–H and O–H groups in total. The number of alkyl halides is 17. The second kappa shape index (κ2) is 13.8. The molecule has 0 saturated carbocycles. The van der Waals surface area contributed by atoms with Gasteiger partial charge in [0.15, 0.2) is 0 Å². The van der Waals surface area contributed by atoms with Crippen LogP contribution < -0.4 is 10.6 Å². The lowest BCUT2D eigenvalue weighted by Gasteiger charge is -2.43. The lowest BCUT2D eigenvalue weighted by atomic mass is 9.87. The van der Waals surface area contributed by atoms with Gasteiger partial charge in [0.1, 0.15) is 5.60 Å². The van der Waals surface area contributed by atoms with Crippen LogP contribution in [0.5, 0.6) is 0 Å². The lowest BCUT2D eigenvalue weighted by molar-refractivity contribution is -0.462. The van der Waals surface area contributed by atoms with E-state index in [1.165, 1.54) is 0 Å². The summed E-state index contributed by atoms with van der Waals surface area (Å²) in [7, 11) is 0. The Hall–Kier alpha value is -2.49. The second-order valence-electron chi connectivity index (χ2n) is 11.2. The Kier molecular flexibility index (Phi) is 12.5. The standard InChI is InChI=1S/C24H30F17N3O3/c1-4-44-11-5-6-13(44)12-43-14(45)7-10-42-15(46)47-16(2,3)8-9-17(25,26)18(27,28)19(29,30)20(31,32)21(33,34)22(35,36)23(37,38)24(39,40)41/h13H,4-12H2,1-3H3,(H,42,46)(H,43,45). The van der Waals surface area contributed by atoms with Crippen molar-refractivity contribution in [1.82, 2.24) is 15.5 Å². The van der Waals surface area contributed by atoms with Gasteiger partial charge in [-0.2, -0.15) is 74.6 Å². The number of halogens is 17. The van der Waals surface area contributed by atoms with E-state index in [2.05, 4.69) is 15.0 Å². The normalized spacial score (nSPS) is 18.3. The van der Waals surface area contributed by atoms with Crippen molar-refractivity contribution in [3.63, 3.8) is 0 Å². The van der Waals surface area contributed by atoms with E-state index >= 15 is 0 Å². The number of rotatable bonds is 16. The molecular weight excluding hydrogens is 701 g/mol. The highest BCUT2D eigenvalue weighted by molar-refractivity contribution is 5.77. The van der Waals surface area contributed by atoms with Gasteiger partial charge in [0.05, 0.1) is 0 Å². The molecule has 0 aliphatic carbocycles. The van der Waals surface area contributed by atoms with Crippen LogP contribution in [0.3, 0.4) is 0 Å². The van der Waals surface area contributed by atoms with Gasteiger partial charge in [-0.05, 0) is 46.2 Å². The summed E-state index contributed by atoms with van der Waals surface area (Å²) < 4.78 is 233. The van der Waals surface area contributed by atoms with Crippen LogP contribution in [0.15, 0.2) is 0 Å². The maximum Gasteiger partial charge on any atom is 0.460 e. The Labute approximate surface area is 255 Å². The zero-order valence-electron chi connectivity index (χ0n) is 24.5. The molecule has 0 spiro atoms. The molecule has 1 rings (SSSR count). The average molecular weight is 731 g/mol. The van der Waals surface area contributed by atoms with Crippen LogP contribution in [0.1, 0.15) is 52.9 Å². The van der Waals surface area contributed by atoms with Crippen molar-refractivity contribution in [2.75, 3.05) is 26.2 Å². The van der Waals surface area contributed by atoms with E-state index < -0.39 is 84.6 Å². The topological polar surface area (TPSA) is 70.7 Å². The summed E-state index contributed by atoms with van der Waals surface area (Å²) in [6.45, 7) is 4.69. The summed E-state index contributed by atoms with van der Waals surface area (Å²) in [5.74, 6) is -57.5. The number of amides is 2. The van der Waals surface area contributed by atoms with Gasteiger partial charge in [0.25, 0.3) is 0 Å². The molecule has 0 bridgehead atoms. The zero-order chi connectivity index (χ0) is 37.3. The third kappa shape index (κ3) is 8.22. The first-order valence-corrected chi connectivity index (χ1v) is 13.5. The van der Waals surface area contributed by atoms with Crippen molar-refractivity contribution in [3.05, 3.63) is 0 Å². The highest BCUT2D eigenvalue weighted by Gasteiger charge is 2.95. The van der Waals surface area contributed by atoms with E-state index in [0.29, 0.717) is 13.8 Å². The van der Waals surface area contributed by atoms with E-state index in [4.69, 9.17) is 0 Å². The van der Waals surface area contributed by atoms with Gasteiger partial charge in [-0.3, -0.25) is 9.69 Å². The first-order valence-electron chi connectivity index (χ1n) is 13.5. The summed E-state index contributed by atoms with van der Waals surface area (Å²) >= 11 is 0. The molecule has 0 aromatic carbocycles. The Morgan fingerprint density at radius 1 is 0.702 bits per heavy atom. The molecule has 1 aliphatic heterocycles. The first-order chi connectivity index (χ1) is 20.8. The molecule has 23 heteroatoms. The smallest absolute Gasteiger partial charge is 0.444 e. The second-order valence-corrected chi connectivity index (χ2v) is 11.2. The molecule has 1 saturated heterocycles. The van der Waals surface area contributed by atoms with Crippen molar-refractivity contribution in [1.29, 1.82) is 0 Å². The van der Waals surface area contributed by atoms with Crippen molar-refractivity contribution < 1.29 is 89.0 Å². The van der Waals surface area contributed by atoms with Crippen molar-refractivity contribution in [2.24, 2.45) is 0 Å². The van der Waals surface area contributed by atoms with Gasteiger partial charge in [-0.1, -0.05) is 6.92 Å². The maximum atomic E-state index is 14.2. The van der Waals surface area contributed by atoms with Gasteiger partial charge in [-0.15, -0.1) is 0 Å². The minimum Gasteiger partial charge on any atom is -0.444 e. The Morgan fingerprint density at radius 3 is 1.64 bits per heavy atom. The molecule has 1 heterocycles. The first kappa shape index (κ1) is 42.5. The fraction of sp³-hybridized carbons (Fsp3) is 0.917. The number of nitrogens with one attached hydrogen (secondary N) is 2. The van der Waals surface area contributed by atoms with E-state index in [-0.39, 0.29) is 19.0 Å². The van der Waals surface area contributed by atoms with Crippen LogP contribution >= 0.6 is 0 Å². The molecule has 278 valence electrons. The Bertz CT molecular complexity index is 1100. The SMILES string of the molecule is CCN1CCCC1CNC(=O)CCNC(=O)OC(C)(C)CCC(F)(F)C(F)(F)C(F)(F)C(F)(F)C(F)(F)C(F)(F)C(F)(F)C(F)(F)F. The Balaban J connectivity index is 2.92. The van der Waals surface area contributed by atoms with Crippen LogP contribution in [-0.4, -0.2) is 102 Å². The number of nitrogens with zero attached hydrogens (tertiary/aromatic N) is 1. The van der Waals surface area contributed by atoms with E-state index in [1.807, 2.05) is 12.2 Å². The third-order valence-electron chi connectivity index (χ3n) is 7.26. The van der Waals surface area contributed by atoms with Crippen LogP contribution in [-0.2, 0) is 9.53 Å². The van der Waals surface area contributed by atoms with Gasteiger partial charge < -0.3 is 15.4 Å². The van der Waals surface area contributed by atoms with E-state index in [1.54, 1.807) is 0 Å². The predicted octanol–water partition coefficient (Wildman–Crippen LogP) is 7.27. The number of alkyl carbamates (subject to hydrolysis) is 1. The van der Waals surface area contributed by atoms with Crippen molar-refractivity contribution in [3.8, 4) is 0 Å². The molecule has 1 unspecified atom stereocenters. The quantitative estimate of drug-likeness (QED) is 0.164. The molecule has 47 heavy (non-hydrogen) atoms. The van der Waals surface area contributed by atoms with Gasteiger partial charge in [0.2, 0.25) is 5.91 Å². The highest BCUT2D eigenvalue weighted by atomic mass is 19.4. The van der Waals surface area contributed by atoms with Crippen LogP contribution in [0.4, 0.5) is 79.4 Å². The van der Waals surface area contributed by atoms with E-state index in [0.717, 1.165) is 25.9 Å². The number of likely N-dealkylation sites (tertiary alicyclic amines) is 1. The number of carbonyl (C=O) groups is 2. The van der Waals surface area contributed by atoms with Crippen LogP contribution in [0.2, 0.25) is 0 Å². The summed E-state index contributed by atoms with van der Waals surface area (Å²) in [4.78, 5) is 26.0. The fourth-order valence-electron chi connectivity index (χ4n) is 4.29. The molecule has 1 fully saturated rings. The van der Waals surface area contributed by atoms with Crippen LogP contribution in [0.25, 0.3) is 0 Å². The molecule has 0 radical (unpaired) electrons. The number of carbonyl (C=O) groups excluding carboxylic acids is 2. The minimum absolute atomic E-state index is 0.0796. The minimum atomic E-state index is -8.70. The van der Waals surface area contributed by atoms with Crippen molar-refractivity contribution in [2.45, 2.75) is 112 Å². The third-order valence-corrected chi connectivity index (χ3v) is 7.26. The number of ether oxygens (including phenoxy) is 1. The van der Waals surface area contributed by atoms with Gasteiger partial charge in [-0.25, -0.2) is 4.79 Å². The molecule has 6 nitrogen and oxygen atoms in total. The summed E-state index contributed by atoms with van der Waals surface area (Å²) in [5, 5.41) is 4.56. The van der Waals surface area contributed by atoms with E-state index in [9.17, 15) is 84.2 Å². The number of likely N-dealkylation sites (N-methyl/N-ethyl adjacent to an activating group) is 1. The number of hydrogen-bond donors (Lipinski definition) is 2. The Morgan fingerprint density at radius 2 is 1.17 bits per heavy atom. The zero-order valence-corrected chi connectivity index (χ0v) is 24.5. The summed E-state index contributed by atoms with van der Waals surface area (Å²) in [6, 6.07) is 0.0796. The molecule has 0 aromatic rings. The average Bonchev–Trinajstić information content (AvgIpc) is 3.37. The molecule has 0 aromatic heterocycles. The van der Waals surface area contributed by atoms with Gasteiger partial charge in [0, 0.05) is 32.0 Å².